The van der Waals surface area contributed by atoms with Gasteiger partial charge in [-0.3, -0.25) is 9.59 Å². The topological polar surface area (TPSA) is 49.4 Å². The first-order valence-corrected chi connectivity index (χ1v) is 6.58. The molecule has 0 aliphatic carbocycles. The number of nitrogens with one attached hydrogen (secondary N) is 1. The summed E-state index contributed by atoms with van der Waals surface area (Å²) in [4.78, 5) is 24.9. The molecule has 0 atom stereocenters. The van der Waals surface area contributed by atoms with Gasteiger partial charge in [-0.05, 0) is 24.5 Å². The van der Waals surface area contributed by atoms with Crippen molar-refractivity contribution in [1.82, 2.24) is 5.32 Å². The first kappa shape index (κ1) is 15.3. The molecule has 7 heteroatoms. The van der Waals surface area contributed by atoms with E-state index in [1.54, 1.807) is 17.4 Å². The Labute approximate surface area is 119 Å². The smallest absolute Gasteiger partial charge is 0.345 e. The van der Waals surface area contributed by atoms with Crippen molar-refractivity contribution in [2.24, 2.45) is 0 Å². The van der Waals surface area contributed by atoms with E-state index in [0.29, 0.717) is 18.5 Å². The molecule has 0 fully saturated rings. The van der Waals surface area contributed by atoms with Crippen LogP contribution in [-0.2, 0) is 16.0 Å². The van der Waals surface area contributed by atoms with Crippen LogP contribution >= 0.6 is 0 Å². The quantitative estimate of drug-likeness (QED) is 0.928. The lowest BCUT2D eigenvalue weighted by molar-refractivity contribution is -0.138. The van der Waals surface area contributed by atoms with Crippen molar-refractivity contribution < 1.29 is 22.8 Å². The Hall–Kier alpha value is -2.05. The molecule has 1 aliphatic heterocycles. The van der Waals surface area contributed by atoms with Gasteiger partial charge in [-0.25, -0.2) is 0 Å². The summed E-state index contributed by atoms with van der Waals surface area (Å²) in [7, 11) is 0. The molecule has 1 heterocycles. The number of nitrogens with zero attached hydrogens (tertiary/aromatic N) is 1. The summed E-state index contributed by atoms with van der Waals surface area (Å²) in [6.07, 6.45) is -2.81. The second kappa shape index (κ2) is 6.15. The van der Waals surface area contributed by atoms with Crippen molar-refractivity contribution in [3.63, 3.8) is 0 Å². The third kappa shape index (κ3) is 4.21. The summed E-state index contributed by atoms with van der Waals surface area (Å²) in [6.45, 7) is -1.79. The van der Waals surface area contributed by atoms with Crippen LogP contribution in [0.3, 0.4) is 0 Å². The van der Waals surface area contributed by atoms with Crippen LogP contribution in [0.25, 0.3) is 0 Å². The number of rotatable bonds is 3. The molecule has 0 unspecified atom stereocenters. The number of para-hydroxylation sites is 1. The number of anilines is 1. The lowest BCUT2D eigenvalue weighted by atomic mass is 10.1. The number of carbonyl (C=O) groups excluding carboxylic acids is 2. The largest absolute Gasteiger partial charge is 0.405 e. The monoisotopic (exact) mass is 300 g/mol. The van der Waals surface area contributed by atoms with Gasteiger partial charge in [0.15, 0.2) is 0 Å². The number of alkyl halides is 3. The second-order valence-corrected chi connectivity index (χ2v) is 4.85. The van der Waals surface area contributed by atoms with Crippen molar-refractivity contribution >= 4 is 17.5 Å². The molecular weight excluding hydrogens is 285 g/mol. The van der Waals surface area contributed by atoms with Gasteiger partial charge in [-0.1, -0.05) is 18.2 Å². The predicted octanol–water partition coefficient (Wildman–Crippen LogP) is 2.03. The summed E-state index contributed by atoms with van der Waals surface area (Å²) in [6, 6.07) is 7.12. The molecule has 1 aromatic carbocycles. The van der Waals surface area contributed by atoms with Gasteiger partial charge >= 0.3 is 6.18 Å². The number of amides is 2. The van der Waals surface area contributed by atoms with Crippen LogP contribution in [-0.4, -0.2) is 31.1 Å². The van der Waals surface area contributed by atoms with E-state index in [-0.39, 0.29) is 12.3 Å². The maximum atomic E-state index is 12.1. The van der Waals surface area contributed by atoms with Crippen molar-refractivity contribution in [3.05, 3.63) is 29.8 Å². The highest BCUT2D eigenvalue weighted by Gasteiger charge is 2.29. The third-order valence-corrected chi connectivity index (χ3v) is 3.21. The molecule has 0 radical (unpaired) electrons. The molecule has 0 bridgehead atoms. The van der Waals surface area contributed by atoms with Gasteiger partial charge in [0.25, 0.3) is 0 Å². The Kier molecular flexibility index (Phi) is 4.50. The Morgan fingerprint density at radius 3 is 2.67 bits per heavy atom. The average molecular weight is 300 g/mol. The van der Waals surface area contributed by atoms with E-state index in [4.69, 9.17) is 0 Å². The zero-order valence-corrected chi connectivity index (χ0v) is 11.2. The van der Waals surface area contributed by atoms with E-state index < -0.39 is 25.2 Å². The van der Waals surface area contributed by atoms with Crippen LogP contribution < -0.4 is 10.2 Å². The Morgan fingerprint density at radius 2 is 1.95 bits per heavy atom. The summed E-state index contributed by atoms with van der Waals surface area (Å²) in [5.41, 5.74) is 1.52. The molecule has 0 saturated heterocycles. The summed E-state index contributed by atoms with van der Waals surface area (Å²) < 4.78 is 36.2. The van der Waals surface area contributed by atoms with E-state index >= 15 is 0 Å². The average Bonchev–Trinajstić information content (AvgIpc) is 2.56. The van der Waals surface area contributed by atoms with Gasteiger partial charge in [0, 0.05) is 12.1 Å². The molecule has 1 aromatic rings. The van der Waals surface area contributed by atoms with Crippen molar-refractivity contribution in [2.75, 3.05) is 18.0 Å². The highest BCUT2D eigenvalue weighted by Crippen LogP contribution is 2.26. The Bertz CT molecular complexity index is 543. The molecule has 2 amide bonds. The molecular formula is C14H15F3N2O2. The molecule has 114 valence electrons. The predicted molar refractivity (Wildman–Crippen MR) is 70.8 cm³/mol. The molecule has 0 aromatic heterocycles. The molecule has 0 spiro atoms. The van der Waals surface area contributed by atoms with Gasteiger partial charge < -0.3 is 10.2 Å². The zero-order valence-electron chi connectivity index (χ0n) is 11.2. The standard InChI is InChI=1S/C14H15F3N2O2/c15-14(16,17)9-18-12(20)8-19-11-6-2-1-4-10(11)5-3-7-13(19)21/h1-2,4,6H,3,5,7-9H2,(H,18,20). The third-order valence-electron chi connectivity index (χ3n) is 3.21. The van der Waals surface area contributed by atoms with E-state index in [9.17, 15) is 22.8 Å². The number of aryl methyl sites for hydroxylation is 1. The number of hydrogen-bond acceptors (Lipinski definition) is 2. The molecule has 0 saturated carbocycles. The second-order valence-electron chi connectivity index (χ2n) is 4.85. The Balaban J connectivity index is 2.10. The number of hydrogen-bond donors (Lipinski definition) is 1. The maximum Gasteiger partial charge on any atom is 0.405 e. The van der Waals surface area contributed by atoms with E-state index in [1.807, 2.05) is 12.1 Å². The van der Waals surface area contributed by atoms with Gasteiger partial charge in [0.1, 0.15) is 13.1 Å². The normalized spacial score (nSPS) is 15.4. The Morgan fingerprint density at radius 1 is 1.24 bits per heavy atom. The first-order valence-electron chi connectivity index (χ1n) is 6.58. The van der Waals surface area contributed by atoms with Crippen LogP contribution in [0.4, 0.5) is 18.9 Å². The van der Waals surface area contributed by atoms with E-state index in [1.165, 1.54) is 4.90 Å². The number of benzene rings is 1. The van der Waals surface area contributed by atoms with Crippen LogP contribution in [0, 0.1) is 0 Å². The summed E-state index contributed by atoms with van der Waals surface area (Å²) >= 11 is 0. The van der Waals surface area contributed by atoms with Crippen LogP contribution in [0.5, 0.6) is 0 Å². The fraction of sp³-hybridized carbons (Fsp3) is 0.429. The fourth-order valence-electron chi connectivity index (χ4n) is 2.26. The van der Waals surface area contributed by atoms with Gasteiger partial charge in [-0.15, -0.1) is 0 Å². The number of halogens is 3. The van der Waals surface area contributed by atoms with Crippen LogP contribution in [0.2, 0.25) is 0 Å². The molecule has 2 rings (SSSR count). The molecule has 21 heavy (non-hydrogen) atoms. The lowest BCUT2D eigenvalue weighted by Gasteiger charge is -2.22. The number of carbonyl (C=O) groups is 2. The SMILES string of the molecule is O=C(CN1C(=O)CCCc2ccccc21)NCC(F)(F)F. The van der Waals surface area contributed by atoms with Crippen molar-refractivity contribution in [1.29, 1.82) is 0 Å². The zero-order chi connectivity index (χ0) is 15.5. The van der Waals surface area contributed by atoms with Gasteiger partial charge in [0.2, 0.25) is 11.8 Å². The molecule has 4 nitrogen and oxygen atoms in total. The van der Waals surface area contributed by atoms with E-state index in [0.717, 1.165) is 5.56 Å². The minimum absolute atomic E-state index is 0.248. The van der Waals surface area contributed by atoms with Gasteiger partial charge in [-0.2, -0.15) is 13.2 Å². The maximum absolute atomic E-state index is 12.1. The number of fused-ring (bicyclic) bond motifs is 1. The van der Waals surface area contributed by atoms with Crippen LogP contribution in [0.15, 0.2) is 24.3 Å². The summed E-state index contributed by atoms with van der Waals surface area (Å²) in [5.74, 6) is -1.07. The molecule has 1 aliphatic rings. The highest BCUT2D eigenvalue weighted by molar-refractivity contribution is 5.99. The minimum atomic E-state index is -4.46. The lowest BCUT2D eigenvalue weighted by Crippen LogP contribution is -2.43. The van der Waals surface area contributed by atoms with Crippen molar-refractivity contribution in [2.45, 2.75) is 25.4 Å². The minimum Gasteiger partial charge on any atom is -0.345 e. The highest BCUT2D eigenvalue weighted by atomic mass is 19.4. The summed E-state index contributed by atoms with van der Waals surface area (Å²) in [5, 5.41) is 1.78. The first-order chi connectivity index (χ1) is 9.87. The van der Waals surface area contributed by atoms with Gasteiger partial charge in [0.05, 0.1) is 0 Å². The van der Waals surface area contributed by atoms with Crippen molar-refractivity contribution in [3.8, 4) is 0 Å². The van der Waals surface area contributed by atoms with E-state index in [2.05, 4.69) is 0 Å². The fourth-order valence-corrected chi connectivity index (χ4v) is 2.26. The van der Waals surface area contributed by atoms with Crippen LogP contribution in [0.1, 0.15) is 18.4 Å². The molecule has 1 N–H and O–H groups in total.